The first kappa shape index (κ1) is 31.8. The molecule has 6 atom stereocenters. The van der Waals surface area contributed by atoms with Gasteiger partial charge in [-0.15, -0.1) is 16.9 Å². The average Bonchev–Trinajstić information content (AvgIpc) is 3.46. The molecule has 0 spiro atoms. The lowest BCUT2D eigenvalue weighted by molar-refractivity contribution is -0.186. The number of benzene rings is 1. The van der Waals surface area contributed by atoms with Gasteiger partial charge in [0.25, 0.3) is 0 Å². The number of aliphatic hydroxyl groups excluding tert-OH is 2. The van der Waals surface area contributed by atoms with Crippen LogP contribution in [0.4, 0.5) is 13.2 Å². The lowest BCUT2D eigenvalue weighted by atomic mass is 9.89. The molecular formula is C27H31F3N4O7S2. The maximum absolute atomic E-state index is 13.9. The number of sulfone groups is 1. The highest BCUT2D eigenvalue weighted by Gasteiger charge is 2.51. The van der Waals surface area contributed by atoms with Crippen LogP contribution in [-0.2, 0) is 19.3 Å². The molecule has 0 bridgehead atoms. The molecule has 3 aromatic rings. The summed E-state index contributed by atoms with van der Waals surface area (Å²) in [6, 6.07) is 4.04. The minimum atomic E-state index is -3.32. The standard InChI is InChI=1S/C27H31F3N4O7S2/c1-14-4-3-7-31-21(14)25(27(37)5-8-43(38,39)9-6-27)42-26-24(40-2)22(23(36)19(13-35)41-26)34-12-18(32-33-34)15-10-16(28)20(30)17(29)11-15/h3-4,7,10-12,19,22-26,35-37H,5-6,8-9,13H2,1-2H3/t19-,22+,23+,24-,25?,26+/m1/s1. The van der Waals surface area contributed by atoms with Crippen molar-refractivity contribution in [1.82, 2.24) is 20.0 Å². The van der Waals surface area contributed by atoms with Gasteiger partial charge >= 0.3 is 0 Å². The molecule has 0 aliphatic carbocycles. The Balaban J connectivity index is 1.51. The van der Waals surface area contributed by atoms with Crippen molar-refractivity contribution in [2.24, 2.45) is 0 Å². The summed E-state index contributed by atoms with van der Waals surface area (Å²) in [5, 5.41) is 40.3. The second-order valence-corrected chi connectivity index (χ2v) is 14.2. The summed E-state index contributed by atoms with van der Waals surface area (Å²) in [4.78, 5) is 4.50. The maximum atomic E-state index is 13.9. The number of aromatic nitrogens is 4. The molecule has 0 saturated carbocycles. The van der Waals surface area contributed by atoms with Crippen LogP contribution in [0.25, 0.3) is 11.3 Å². The number of hydrogen-bond donors (Lipinski definition) is 3. The van der Waals surface area contributed by atoms with Crippen molar-refractivity contribution in [3.8, 4) is 11.3 Å². The minimum Gasteiger partial charge on any atom is -0.394 e. The molecule has 2 fully saturated rings. The summed E-state index contributed by atoms with van der Waals surface area (Å²) in [7, 11) is -1.95. The third-order valence-electron chi connectivity index (χ3n) is 7.94. The van der Waals surface area contributed by atoms with E-state index in [0.29, 0.717) is 5.69 Å². The van der Waals surface area contributed by atoms with Crippen LogP contribution in [0.15, 0.2) is 36.7 Å². The highest BCUT2D eigenvalue weighted by atomic mass is 32.2. The third kappa shape index (κ3) is 6.32. The lowest BCUT2D eigenvalue weighted by Gasteiger charge is -2.46. The normalized spacial score (nSPS) is 27.6. The Labute approximate surface area is 250 Å². The molecule has 0 radical (unpaired) electrons. The molecule has 4 heterocycles. The summed E-state index contributed by atoms with van der Waals surface area (Å²) < 4.78 is 78.8. The van der Waals surface area contributed by atoms with Crippen LogP contribution in [0.1, 0.15) is 35.4 Å². The van der Waals surface area contributed by atoms with Gasteiger partial charge in [-0.3, -0.25) is 4.98 Å². The van der Waals surface area contributed by atoms with E-state index >= 15 is 0 Å². The largest absolute Gasteiger partial charge is 0.394 e. The highest BCUT2D eigenvalue weighted by molar-refractivity contribution is 8.00. The van der Waals surface area contributed by atoms with E-state index in [1.165, 1.54) is 18.0 Å². The molecule has 16 heteroatoms. The van der Waals surface area contributed by atoms with Crippen molar-refractivity contribution >= 4 is 21.6 Å². The Morgan fingerprint density at radius 1 is 1.23 bits per heavy atom. The minimum absolute atomic E-state index is 0.0178. The zero-order valence-electron chi connectivity index (χ0n) is 23.2. The van der Waals surface area contributed by atoms with Crippen LogP contribution >= 0.6 is 11.8 Å². The Hall–Kier alpha value is -2.60. The fraction of sp³-hybridized carbons (Fsp3) is 0.519. The highest BCUT2D eigenvalue weighted by Crippen LogP contribution is 2.50. The molecule has 2 aliphatic rings. The van der Waals surface area contributed by atoms with Crippen LogP contribution in [0, 0.1) is 24.4 Å². The summed E-state index contributed by atoms with van der Waals surface area (Å²) in [6.07, 6.45) is -0.736. The Bertz CT molecular complexity index is 1540. The van der Waals surface area contributed by atoms with E-state index in [-0.39, 0.29) is 35.6 Å². The summed E-state index contributed by atoms with van der Waals surface area (Å²) in [5.74, 6) is -4.87. The lowest BCUT2D eigenvalue weighted by Crippen LogP contribution is -2.56. The van der Waals surface area contributed by atoms with E-state index in [2.05, 4.69) is 15.3 Å². The van der Waals surface area contributed by atoms with Gasteiger partial charge in [0.2, 0.25) is 0 Å². The second kappa shape index (κ2) is 12.4. The summed E-state index contributed by atoms with van der Waals surface area (Å²) in [6.45, 7) is 1.21. The van der Waals surface area contributed by atoms with E-state index in [4.69, 9.17) is 9.47 Å². The number of pyridine rings is 1. The number of nitrogens with zero attached hydrogens (tertiary/aromatic N) is 4. The first-order valence-corrected chi connectivity index (χ1v) is 16.2. The molecule has 2 aromatic heterocycles. The van der Waals surface area contributed by atoms with Gasteiger partial charge in [-0.05, 0) is 43.5 Å². The number of halogens is 3. The van der Waals surface area contributed by atoms with E-state index in [1.807, 2.05) is 13.0 Å². The predicted octanol–water partition coefficient (Wildman–Crippen LogP) is 2.11. The van der Waals surface area contributed by atoms with Crippen LogP contribution in [0.3, 0.4) is 0 Å². The molecule has 11 nitrogen and oxygen atoms in total. The molecule has 234 valence electrons. The molecule has 2 aliphatic heterocycles. The van der Waals surface area contributed by atoms with Gasteiger partial charge in [0, 0.05) is 18.9 Å². The summed E-state index contributed by atoms with van der Waals surface area (Å²) >= 11 is 1.12. The van der Waals surface area contributed by atoms with Gasteiger partial charge < -0.3 is 24.8 Å². The summed E-state index contributed by atoms with van der Waals surface area (Å²) in [5.41, 5.74) is -1.30. The van der Waals surface area contributed by atoms with Crippen LogP contribution in [0.2, 0.25) is 0 Å². The second-order valence-electron chi connectivity index (χ2n) is 10.7. The van der Waals surface area contributed by atoms with Crippen molar-refractivity contribution in [2.75, 3.05) is 25.2 Å². The average molecular weight is 645 g/mol. The zero-order valence-corrected chi connectivity index (χ0v) is 24.8. The fourth-order valence-electron chi connectivity index (χ4n) is 5.49. The van der Waals surface area contributed by atoms with E-state index in [0.717, 1.165) is 29.5 Å². The van der Waals surface area contributed by atoms with Crippen LogP contribution in [-0.4, -0.2) is 98.3 Å². The van der Waals surface area contributed by atoms with Gasteiger partial charge in [0.1, 0.15) is 35.5 Å². The SMILES string of the molecule is CO[C@@H]1[C@@H](n2cc(-c3cc(F)c(F)c(F)c3)nn2)[C@@H](O)[C@@H](CO)O[C@H]1SC(c1ncccc1C)C1(O)CCS(=O)(=O)CC1. The van der Waals surface area contributed by atoms with Gasteiger partial charge in [0.05, 0.1) is 40.9 Å². The Morgan fingerprint density at radius 3 is 2.51 bits per heavy atom. The molecule has 5 rings (SSSR count). The number of aliphatic hydroxyl groups is 3. The molecular weight excluding hydrogens is 613 g/mol. The first-order chi connectivity index (χ1) is 20.4. The van der Waals surface area contributed by atoms with Crippen molar-refractivity contribution in [2.45, 2.75) is 60.4 Å². The number of aryl methyl sites for hydroxylation is 1. The number of rotatable bonds is 8. The van der Waals surface area contributed by atoms with Gasteiger partial charge in [-0.25, -0.2) is 26.3 Å². The van der Waals surface area contributed by atoms with E-state index in [1.54, 1.807) is 12.3 Å². The maximum Gasteiger partial charge on any atom is 0.194 e. The molecule has 3 N–H and O–H groups in total. The topological polar surface area (TPSA) is 157 Å². The number of methoxy groups -OCH3 is 1. The predicted molar refractivity (Wildman–Crippen MR) is 149 cm³/mol. The molecule has 43 heavy (non-hydrogen) atoms. The Kier molecular flexibility index (Phi) is 9.19. The van der Waals surface area contributed by atoms with Gasteiger partial charge in [0.15, 0.2) is 27.3 Å². The fourth-order valence-corrected chi connectivity index (χ4v) is 8.79. The molecule has 2 saturated heterocycles. The molecule has 1 aromatic carbocycles. The van der Waals surface area contributed by atoms with Gasteiger partial charge in [-0.2, -0.15) is 0 Å². The van der Waals surface area contributed by atoms with E-state index in [9.17, 15) is 36.9 Å². The van der Waals surface area contributed by atoms with Gasteiger partial charge in [-0.1, -0.05) is 11.3 Å². The van der Waals surface area contributed by atoms with Crippen molar-refractivity contribution in [3.05, 3.63) is 65.4 Å². The smallest absolute Gasteiger partial charge is 0.194 e. The van der Waals surface area contributed by atoms with Crippen LogP contribution in [0.5, 0.6) is 0 Å². The van der Waals surface area contributed by atoms with Crippen molar-refractivity contribution in [3.63, 3.8) is 0 Å². The monoisotopic (exact) mass is 644 g/mol. The number of thioether (sulfide) groups is 1. The number of hydrogen-bond acceptors (Lipinski definition) is 11. The van der Waals surface area contributed by atoms with Crippen molar-refractivity contribution in [1.29, 1.82) is 0 Å². The van der Waals surface area contributed by atoms with Crippen LogP contribution < -0.4 is 0 Å². The first-order valence-electron chi connectivity index (χ1n) is 13.4. The quantitative estimate of drug-likeness (QED) is 0.309. The van der Waals surface area contributed by atoms with Crippen molar-refractivity contribution < 1.29 is 46.4 Å². The Morgan fingerprint density at radius 2 is 1.91 bits per heavy atom. The molecule has 0 amide bonds. The third-order valence-corrected chi connectivity index (χ3v) is 11.2. The number of ether oxygens (including phenoxy) is 2. The van der Waals surface area contributed by atoms with E-state index < -0.39 is 74.5 Å². The molecule has 1 unspecified atom stereocenters. The zero-order chi connectivity index (χ0) is 31.1.